The van der Waals surface area contributed by atoms with Crippen LogP contribution in [0.2, 0.25) is 0 Å². The summed E-state index contributed by atoms with van der Waals surface area (Å²) in [5.41, 5.74) is 7.27. The zero-order valence-electron chi connectivity index (χ0n) is 10.9. The molecule has 2 unspecified atom stereocenters. The molecule has 94 valence electrons. The highest BCUT2D eigenvalue weighted by atomic mass is 16.5. The quantitative estimate of drug-likeness (QED) is 0.870. The average molecular weight is 233 g/mol. The van der Waals surface area contributed by atoms with E-state index in [0.29, 0.717) is 5.92 Å². The smallest absolute Gasteiger partial charge is 0.0948 e. The Morgan fingerprint density at radius 2 is 2.06 bits per heavy atom. The van der Waals surface area contributed by atoms with E-state index >= 15 is 0 Å². The maximum Gasteiger partial charge on any atom is 0.0948 e. The van der Waals surface area contributed by atoms with Crippen LogP contribution < -0.4 is 5.73 Å². The van der Waals surface area contributed by atoms with Crippen molar-refractivity contribution in [3.63, 3.8) is 0 Å². The number of ether oxygens (including phenoxy) is 1. The van der Waals surface area contributed by atoms with Crippen LogP contribution in [0.25, 0.3) is 0 Å². The molecule has 0 radical (unpaired) electrons. The van der Waals surface area contributed by atoms with Crippen molar-refractivity contribution >= 4 is 0 Å². The summed E-state index contributed by atoms with van der Waals surface area (Å²) < 4.78 is 6.15. The first kappa shape index (κ1) is 12.6. The van der Waals surface area contributed by atoms with Crippen molar-refractivity contribution in [3.05, 3.63) is 35.9 Å². The van der Waals surface area contributed by atoms with E-state index in [0.717, 1.165) is 25.9 Å². The van der Waals surface area contributed by atoms with Gasteiger partial charge < -0.3 is 10.5 Å². The minimum Gasteiger partial charge on any atom is -0.370 e. The highest BCUT2D eigenvalue weighted by molar-refractivity contribution is 5.23. The molecule has 0 saturated carbocycles. The standard InChI is InChI=1S/C15H23NO/c1-12(2)10-15(11-14(16)8-9-17-15)13-6-4-3-5-7-13/h3-7,12,14H,8-11,16H2,1-2H3. The van der Waals surface area contributed by atoms with E-state index in [1.807, 2.05) is 0 Å². The SMILES string of the molecule is CC(C)CC1(c2ccccc2)CC(N)CCO1. The molecule has 0 amide bonds. The van der Waals surface area contributed by atoms with Gasteiger partial charge in [0.05, 0.1) is 5.60 Å². The van der Waals surface area contributed by atoms with E-state index in [9.17, 15) is 0 Å². The molecule has 1 saturated heterocycles. The van der Waals surface area contributed by atoms with Gasteiger partial charge in [-0.25, -0.2) is 0 Å². The molecule has 1 aromatic carbocycles. The number of hydrogen-bond acceptors (Lipinski definition) is 2. The fraction of sp³-hybridized carbons (Fsp3) is 0.600. The van der Waals surface area contributed by atoms with Gasteiger partial charge in [0.1, 0.15) is 0 Å². The Morgan fingerprint density at radius 1 is 1.35 bits per heavy atom. The monoisotopic (exact) mass is 233 g/mol. The Labute approximate surface area is 104 Å². The van der Waals surface area contributed by atoms with E-state index in [2.05, 4.69) is 44.2 Å². The van der Waals surface area contributed by atoms with Crippen molar-refractivity contribution in [2.24, 2.45) is 11.7 Å². The van der Waals surface area contributed by atoms with Gasteiger partial charge in [-0.1, -0.05) is 44.2 Å². The first-order valence-electron chi connectivity index (χ1n) is 6.57. The first-order valence-corrected chi connectivity index (χ1v) is 6.57. The fourth-order valence-electron chi connectivity index (χ4n) is 2.85. The predicted octanol–water partition coefficient (Wildman–Crippen LogP) is 3.07. The predicted molar refractivity (Wildman–Crippen MR) is 70.7 cm³/mol. The van der Waals surface area contributed by atoms with Gasteiger partial charge in [0.25, 0.3) is 0 Å². The Balaban J connectivity index is 2.29. The summed E-state index contributed by atoms with van der Waals surface area (Å²) in [6.45, 7) is 5.27. The van der Waals surface area contributed by atoms with Crippen molar-refractivity contribution < 1.29 is 4.74 Å². The second-order valence-corrected chi connectivity index (χ2v) is 5.56. The molecular formula is C15H23NO. The summed E-state index contributed by atoms with van der Waals surface area (Å²) >= 11 is 0. The molecular weight excluding hydrogens is 210 g/mol. The summed E-state index contributed by atoms with van der Waals surface area (Å²) in [5.74, 6) is 0.612. The first-order chi connectivity index (χ1) is 8.12. The van der Waals surface area contributed by atoms with Crippen LogP contribution in [0.5, 0.6) is 0 Å². The summed E-state index contributed by atoms with van der Waals surface area (Å²) in [5, 5.41) is 0. The molecule has 1 fully saturated rings. The Bertz CT molecular complexity index is 345. The molecule has 0 aliphatic carbocycles. The number of benzene rings is 1. The van der Waals surface area contributed by atoms with Crippen molar-refractivity contribution in [1.29, 1.82) is 0 Å². The molecule has 1 aliphatic rings. The zero-order chi connectivity index (χ0) is 12.3. The molecule has 1 aromatic rings. The lowest BCUT2D eigenvalue weighted by atomic mass is 9.79. The summed E-state index contributed by atoms with van der Waals surface area (Å²) in [4.78, 5) is 0. The minimum atomic E-state index is -0.160. The number of hydrogen-bond donors (Lipinski definition) is 1. The van der Waals surface area contributed by atoms with Crippen LogP contribution in [0.1, 0.15) is 38.7 Å². The zero-order valence-corrected chi connectivity index (χ0v) is 10.9. The molecule has 0 aromatic heterocycles. The Hall–Kier alpha value is -0.860. The Morgan fingerprint density at radius 3 is 2.65 bits per heavy atom. The van der Waals surface area contributed by atoms with Crippen molar-refractivity contribution in [3.8, 4) is 0 Å². The van der Waals surface area contributed by atoms with Crippen LogP contribution in [0.3, 0.4) is 0 Å². The topological polar surface area (TPSA) is 35.2 Å². The van der Waals surface area contributed by atoms with Crippen molar-refractivity contribution in [2.45, 2.75) is 44.8 Å². The minimum absolute atomic E-state index is 0.160. The highest BCUT2D eigenvalue weighted by Gasteiger charge is 2.38. The molecule has 0 spiro atoms. The molecule has 1 aliphatic heterocycles. The molecule has 2 heteroatoms. The van der Waals surface area contributed by atoms with Gasteiger partial charge in [-0.2, -0.15) is 0 Å². The van der Waals surface area contributed by atoms with Gasteiger partial charge in [-0.05, 0) is 30.7 Å². The van der Waals surface area contributed by atoms with Crippen molar-refractivity contribution in [2.75, 3.05) is 6.61 Å². The average Bonchev–Trinajstić information content (AvgIpc) is 2.29. The summed E-state index contributed by atoms with van der Waals surface area (Å²) in [6.07, 6.45) is 2.96. The van der Waals surface area contributed by atoms with E-state index in [1.165, 1.54) is 5.56 Å². The molecule has 2 N–H and O–H groups in total. The fourth-order valence-corrected chi connectivity index (χ4v) is 2.85. The van der Waals surface area contributed by atoms with Crippen LogP contribution >= 0.6 is 0 Å². The molecule has 2 nitrogen and oxygen atoms in total. The maximum atomic E-state index is 6.15. The normalized spacial score (nSPS) is 29.5. The molecule has 1 heterocycles. The van der Waals surface area contributed by atoms with Crippen LogP contribution in [0.15, 0.2) is 30.3 Å². The molecule has 2 rings (SSSR count). The van der Waals surface area contributed by atoms with E-state index in [1.54, 1.807) is 0 Å². The lowest BCUT2D eigenvalue weighted by molar-refractivity contribution is -0.102. The van der Waals surface area contributed by atoms with E-state index in [-0.39, 0.29) is 11.6 Å². The van der Waals surface area contributed by atoms with Gasteiger partial charge in [-0.3, -0.25) is 0 Å². The summed E-state index contributed by atoms with van der Waals surface area (Å²) in [7, 11) is 0. The summed E-state index contributed by atoms with van der Waals surface area (Å²) in [6, 6.07) is 10.8. The van der Waals surface area contributed by atoms with Gasteiger partial charge in [0.2, 0.25) is 0 Å². The van der Waals surface area contributed by atoms with Crippen LogP contribution in [-0.4, -0.2) is 12.6 Å². The Kier molecular flexibility index (Phi) is 3.85. The lowest BCUT2D eigenvalue weighted by Crippen LogP contribution is -2.43. The van der Waals surface area contributed by atoms with Gasteiger partial charge in [-0.15, -0.1) is 0 Å². The molecule has 2 atom stereocenters. The van der Waals surface area contributed by atoms with E-state index < -0.39 is 0 Å². The third-order valence-corrected chi connectivity index (χ3v) is 3.50. The van der Waals surface area contributed by atoms with E-state index in [4.69, 9.17) is 10.5 Å². The van der Waals surface area contributed by atoms with Crippen LogP contribution in [-0.2, 0) is 10.3 Å². The third-order valence-electron chi connectivity index (χ3n) is 3.50. The van der Waals surface area contributed by atoms with Crippen LogP contribution in [0, 0.1) is 5.92 Å². The third kappa shape index (κ3) is 2.88. The number of rotatable bonds is 3. The second kappa shape index (κ2) is 5.19. The largest absolute Gasteiger partial charge is 0.370 e. The van der Waals surface area contributed by atoms with Gasteiger partial charge >= 0.3 is 0 Å². The highest BCUT2D eigenvalue weighted by Crippen LogP contribution is 2.39. The number of nitrogens with two attached hydrogens (primary N) is 1. The lowest BCUT2D eigenvalue weighted by Gasteiger charge is -2.41. The van der Waals surface area contributed by atoms with Crippen molar-refractivity contribution in [1.82, 2.24) is 0 Å². The van der Waals surface area contributed by atoms with Gasteiger partial charge in [0, 0.05) is 12.6 Å². The van der Waals surface area contributed by atoms with Crippen LogP contribution in [0.4, 0.5) is 0 Å². The second-order valence-electron chi connectivity index (χ2n) is 5.56. The maximum absolute atomic E-state index is 6.15. The molecule has 17 heavy (non-hydrogen) atoms. The van der Waals surface area contributed by atoms with Gasteiger partial charge in [0.15, 0.2) is 0 Å². The molecule has 0 bridgehead atoms.